The van der Waals surface area contributed by atoms with Gasteiger partial charge in [-0.25, -0.2) is 0 Å². The van der Waals surface area contributed by atoms with Gasteiger partial charge in [-0.05, 0) is 67.4 Å². The minimum atomic E-state index is 0.309. The molecule has 0 unspecified atom stereocenters. The first kappa shape index (κ1) is 12.5. The number of fused-ring (bicyclic) bond motifs is 6. The molecule has 0 amide bonds. The Morgan fingerprint density at radius 3 is 1.83 bits per heavy atom. The van der Waals surface area contributed by atoms with Crippen LogP contribution >= 0.6 is 0 Å². The SMILES string of the molecule is Oc1ccc2c(ccc3c4cc5ccccc5cc4ccc23)c1. The topological polar surface area (TPSA) is 20.2 Å². The number of hydrogen-bond donors (Lipinski definition) is 1. The predicted octanol–water partition coefficient (Wildman–Crippen LogP) is 6.01. The Hall–Kier alpha value is -3.06. The second-order valence-corrected chi connectivity index (χ2v) is 6.05. The third-order valence-electron chi connectivity index (χ3n) is 4.68. The van der Waals surface area contributed by atoms with Crippen molar-refractivity contribution in [1.82, 2.24) is 0 Å². The van der Waals surface area contributed by atoms with Crippen molar-refractivity contribution in [2.75, 3.05) is 0 Å². The molecule has 0 radical (unpaired) electrons. The van der Waals surface area contributed by atoms with Gasteiger partial charge in [0.2, 0.25) is 0 Å². The standard InChI is InChI=1S/C22H14O/c23-18-7-10-19-17(12-18)6-9-21-20(19)8-5-16-11-14-3-1-2-4-15(14)13-22(16)21/h1-13,23H. The number of hydrogen-bond acceptors (Lipinski definition) is 1. The highest BCUT2D eigenvalue weighted by Gasteiger charge is 2.06. The van der Waals surface area contributed by atoms with Crippen molar-refractivity contribution in [3.05, 3.63) is 78.9 Å². The number of phenolic OH excluding ortho intramolecular Hbond substituents is 1. The van der Waals surface area contributed by atoms with E-state index < -0.39 is 0 Å². The van der Waals surface area contributed by atoms with E-state index in [4.69, 9.17) is 0 Å². The molecule has 1 heteroatoms. The molecule has 5 rings (SSSR count). The Morgan fingerprint density at radius 2 is 1.04 bits per heavy atom. The van der Waals surface area contributed by atoms with Gasteiger partial charge in [0.25, 0.3) is 0 Å². The molecule has 1 nitrogen and oxygen atoms in total. The lowest BCUT2D eigenvalue weighted by molar-refractivity contribution is 0.476. The third kappa shape index (κ3) is 1.80. The molecule has 0 aliphatic heterocycles. The smallest absolute Gasteiger partial charge is 0.116 e. The van der Waals surface area contributed by atoms with Crippen LogP contribution in [0.3, 0.4) is 0 Å². The Labute approximate surface area is 133 Å². The molecular formula is C22H14O. The summed E-state index contributed by atoms with van der Waals surface area (Å²) in [5, 5.41) is 19.5. The van der Waals surface area contributed by atoms with Gasteiger partial charge in [0, 0.05) is 0 Å². The van der Waals surface area contributed by atoms with Gasteiger partial charge in [0.15, 0.2) is 0 Å². The van der Waals surface area contributed by atoms with E-state index in [9.17, 15) is 5.11 Å². The van der Waals surface area contributed by atoms with Crippen LogP contribution in [-0.4, -0.2) is 5.11 Å². The largest absolute Gasteiger partial charge is 0.508 e. The summed E-state index contributed by atoms with van der Waals surface area (Å²) < 4.78 is 0. The zero-order valence-corrected chi connectivity index (χ0v) is 12.5. The van der Waals surface area contributed by atoms with Gasteiger partial charge >= 0.3 is 0 Å². The summed E-state index contributed by atoms with van der Waals surface area (Å²) in [7, 11) is 0. The molecule has 0 aliphatic rings. The summed E-state index contributed by atoms with van der Waals surface area (Å²) in [5.41, 5.74) is 0. The normalized spacial score (nSPS) is 11.7. The maximum absolute atomic E-state index is 9.69. The van der Waals surface area contributed by atoms with Crippen LogP contribution in [0.15, 0.2) is 78.9 Å². The van der Waals surface area contributed by atoms with E-state index >= 15 is 0 Å². The van der Waals surface area contributed by atoms with Crippen LogP contribution in [0.5, 0.6) is 5.75 Å². The molecule has 1 N–H and O–H groups in total. The summed E-state index contributed by atoms with van der Waals surface area (Å²) in [6.45, 7) is 0. The monoisotopic (exact) mass is 294 g/mol. The van der Waals surface area contributed by atoms with Crippen molar-refractivity contribution >= 4 is 43.1 Å². The van der Waals surface area contributed by atoms with Crippen LogP contribution < -0.4 is 0 Å². The summed E-state index contributed by atoms with van der Waals surface area (Å²) in [4.78, 5) is 0. The van der Waals surface area contributed by atoms with Gasteiger partial charge in [0.05, 0.1) is 0 Å². The maximum Gasteiger partial charge on any atom is 0.116 e. The first-order chi connectivity index (χ1) is 11.3. The average Bonchev–Trinajstić information content (AvgIpc) is 2.59. The molecule has 0 aromatic heterocycles. The summed E-state index contributed by atoms with van der Waals surface area (Å²) in [6.07, 6.45) is 0. The highest BCUT2D eigenvalue weighted by molar-refractivity contribution is 6.19. The summed E-state index contributed by atoms with van der Waals surface area (Å²) in [5.74, 6) is 0.309. The molecule has 0 saturated heterocycles. The lowest BCUT2D eigenvalue weighted by Crippen LogP contribution is -1.82. The number of rotatable bonds is 0. The molecule has 0 fully saturated rings. The Kier molecular flexibility index (Phi) is 2.42. The molecule has 0 aliphatic carbocycles. The zero-order valence-electron chi connectivity index (χ0n) is 12.5. The highest BCUT2D eigenvalue weighted by Crippen LogP contribution is 2.34. The van der Waals surface area contributed by atoms with Crippen LogP contribution in [0.4, 0.5) is 0 Å². The van der Waals surface area contributed by atoms with Gasteiger partial charge in [-0.2, -0.15) is 0 Å². The minimum Gasteiger partial charge on any atom is -0.508 e. The molecular weight excluding hydrogens is 280 g/mol. The van der Waals surface area contributed by atoms with E-state index in [1.807, 2.05) is 12.1 Å². The third-order valence-corrected chi connectivity index (χ3v) is 4.68. The van der Waals surface area contributed by atoms with Crippen LogP contribution in [-0.2, 0) is 0 Å². The van der Waals surface area contributed by atoms with Crippen molar-refractivity contribution in [2.45, 2.75) is 0 Å². The van der Waals surface area contributed by atoms with Crippen LogP contribution in [0, 0.1) is 0 Å². The van der Waals surface area contributed by atoms with Crippen molar-refractivity contribution < 1.29 is 5.11 Å². The Morgan fingerprint density at radius 1 is 0.435 bits per heavy atom. The lowest BCUT2D eigenvalue weighted by atomic mass is 9.95. The van der Waals surface area contributed by atoms with Crippen LogP contribution in [0.25, 0.3) is 43.1 Å². The molecule has 5 aromatic carbocycles. The van der Waals surface area contributed by atoms with E-state index in [0.29, 0.717) is 5.75 Å². The zero-order chi connectivity index (χ0) is 15.4. The average molecular weight is 294 g/mol. The Balaban J connectivity index is 1.98. The van der Waals surface area contributed by atoms with E-state index in [2.05, 4.69) is 60.7 Å². The molecule has 0 atom stereocenters. The first-order valence-electron chi connectivity index (χ1n) is 7.77. The van der Waals surface area contributed by atoms with Crippen molar-refractivity contribution in [3.8, 4) is 5.75 Å². The van der Waals surface area contributed by atoms with Crippen molar-refractivity contribution in [2.24, 2.45) is 0 Å². The predicted molar refractivity (Wildman–Crippen MR) is 98.1 cm³/mol. The van der Waals surface area contributed by atoms with Gasteiger partial charge in [-0.1, -0.05) is 54.6 Å². The maximum atomic E-state index is 9.69. The number of benzene rings is 5. The van der Waals surface area contributed by atoms with E-state index in [1.54, 1.807) is 6.07 Å². The number of phenols is 1. The summed E-state index contributed by atoms with van der Waals surface area (Å²) >= 11 is 0. The van der Waals surface area contributed by atoms with Gasteiger partial charge in [-0.3, -0.25) is 0 Å². The van der Waals surface area contributed by atoms with E-state index in [0.717, 1.165) is 5.39 Å². The van der Waals surface area contributed by atoms with Crippen LogP contribution in [0.1, 0.15) is 0 Å². The lowest BCUT2D eigenvalue weighted by Gasteiger charge is -2.09. The second-order valence-electron chi connectivity index (χ2n) is 6.05. The van der Waals surface area contributed by atoms with Crippen LogP contribution in [0.2, 0.25) is 0 Å². The molecule has 0 bridgehead atoms. The molecule has 0 saturated carbocycles. The number of aromatic hydroxyl groups is 1. The van der Waals surface area contributed by atoms with Gasteiger partial charge in [-0.15, -0.1) is 0 Å². The molecule has 108 valence electrons. The molecule has 0 heterocycles. The second kappa shape index (κ2) is 4.47. The first-order valence-corrected chi connectivity index (χ1v) is 7.77. The highest BCUT2D eigenvalue weighted by atomic mass is 16.3. The molecule has 5 aromatic rings. The summed E-state index contributed by atoms with van der Waals surface area (Å²) in [6, 6.07) is 27.2. The fourth-order valence-corrected chi connectivity index (χ4v) is 3.56. The van der Waals surface area contributed by atoms with E-state index in [-0.39, 0.29) is 0 Å². The fourth-order valence-electron chi connectivity index (χ4n) is 3.56. The fraction of sp³-hybridized carbons (Fsp3) is 0. The van der Waals surface area contributed by atoms with E-state index in [1.165, 1.54) is 37.7 Å². The molecule has 0 spiro atoms. The minimum absolute atomic E-state index is 0.309. The van der Waals surface area contributed by atoms with Crippen molar-refractivity contribution in [1.29, 1.82) is 0 Å². The van der Waals surface area contributed by atoms with Gasteiger partial charge in [0.1, 0.15) is 5.75 Å². The van der Waals surface area contributed by atoms with Crippen molar-refractivity contribution in [3.63, 3.8) is 0 Å². The Bertz CT molecular complexity index is 1220. The molecule has 23 heavy (non-hydrogen) atoms. The quantitative estimate of drug-likeness (QED) is 0.274. The van der Waals surface area contributed by atoms with Gasteiger partial charge < -0.3 is 5.11 Å².